The van der Waals surface area contributed by atoms with Crippen molar-refractivity contribution in [3.63, 3.8) is 0 Å². The van der Waals surface area contributed by atoms with Gasteiger partial charge in [0.05, 0.1) is 16.0 Å². The Morgan fingerprint density at radius 3 is 2.54 bits per heavy atom. The van der Waals surface area contributed by atoms with Crippen LogP contribution in [0, 0.1) is 6.92 Å². The van der Waals surface area contributed by atoms with Gasteiger partial charge in [0.15, 0.2) is 0 Å². The van der Waals surface area contributed by atoms with E-state index >= 15 is 0 Å². The van der Waals surface area contributed by atoms with Gasteiger partial charge >= 0.3 is 0 Å². The Morgan fingerprint density at radius 2 is 1.96 bits per heavy atom. The van der Waals surface area contributed by atoms with Gasteiger partial charge in [-0.05, 0) is 18.5 Å². The molecule has 0 N–H and O–H groups in total. The molecule has 0 radical (unpaired) electrons. The summed E-state index contributed by atoms with van der Waals surface area (Å²) in [5.74, 6) is 0. The zero-order valence-corrected chi connectivity index (χ0v) is 18.8. The average molecular weight is 439 g/mol. The Balaban J connectivity index is 2.36. The summed E-state index contributed by atoms with van der Waals surface area (Å²) in [5.41, 5.74) is 0.285. The molecule has 11 heteroatoms. The summed E-state index contributed by atoms with van der Waals surface area (Å²) in [7, 11) is -4.90. The molecule has 0 aliphatic heterocycles. The molecule has 0 unspecified atom stereocenters. The van der Waals surface area contributed by atoms with Crippen LogP contribution in [0.5, 0.6) is 0 Å². The van der Waals surface area contributed by atoms with Crippen molar-refractivity contribution >= 4 is 51.3 Å². The van der Waals surface area contributed by atoms with E-state index < -0.39 is 24.8 Å². The number of aryl methyl sites for hydroxylation is 1. The molecule has 7 nitrogen and oxygen atoms in total. The third-order valence-corrected chi connectivity index (χ3v) is 7.51. The summed E-state index contributed by atoms with van der Waals surface area (Å²) < 4.78 is 35.0. The molecule has 0 bridgehead atoms. The van der Waals surface area contributed by atoms with Crippen molar-refractivity contribution in [1.29, 1.82) is 0 Å². The summed E-state index contributed by atoms with van der Waals surface area (Å²) >= 11 is 7.45. The first kappa shape index (κ1) is 21.5. The molecule has 0 saturated heterocycles. The van der Waals surface area contributed by atoms with Gasteiger partial charge in [0.1, 0.15) is 23.9 Å². The topological polar surface area (TPSA) is 87.5 Å². The summed E-state index contributed by atoms with van der Waals surface area (Å²) in [6, 6.07) is 1.00. The molecule has 0 fully saturated rings. The number of hydrogen-bond donors (Lipinski definition) is 0. The van der Waals surface area contributed by atoms with Crippen LogP contribution in [0.2, 0.25) is 30.0 Å². The fourth-order valence-electron chi connectivity index (χ4n) is 2.18. The Kier molecular flexibility index (Phi) is 6.68. The van der Waals surface area contributed by atoms with Crippen molar-refractivity contribution in [3.05, 3.63) is 25.8 Å². The molecule has 0 atom stereocenters. The van der Waals surface area contributed by atoms with Crippen molar-refractivity contribution < 1.29 is 17.3 Å². The van der Waals surface area contributed by atoms with Crippen LogP contribution in [0.25, 0.3) is 10.2 Å². The van der Waals surface area contributed by atoms with E-state index in [1.807, 2.05) is 0 Å². The minimum atomic E-state index is -3.69. The molecule has 0 saturated carbocycles. The lowest BCUT2D eigenvalue weighted by atomic mass is 10.2. The van der Waals surface area contributed by atoms with Gasteiger partial charge in [0.2, 0.25) is 5.43 Å². The molecular formula is C15H23ClN2O5S2Si. The standard InChI is InChI=1S/C15H23ClN2O5S2Si/c1-10-12-13(19)11(8-23-25(2,20)21)17-18(15(12)24-14(10)16)9-22-6-7-26(3,4)5/h6-9H2,1-5H3. The molecular weight excluding hydrogens is 416 g/mol. The molecule has 2 heterocycles. The van der Waals surface area contributed by atoms with Gasteiger partial charge < -0.3 is 4.74 Å². The molecule has 2 aromatic heterocycles. The molecule has 0 aliphatic carbocycles. The molecule has 2 aromatic rings. The summed E-state index contributed by atoms with van der Waals surface area (Å²) in [5, 5.41) is 4.67. The first-order valence-electron chi connectivity index (χ1n) is 8.00. The Hall–Kier alpha value is -0.783. The SMILES string of the molecule is Cc1c(Cl)sc2c1c(=O)c(COS(C)(=O)=O)nn2COCC[Si](C)(C)C. The number of hydrogen-bond acceptors (Lipinski definition) is 7. The predicted molar refractivity (Wildman–Crippen MR) is 107 cm³/mol. The van der Waals surface area contributed by atoms with Gasteiger partial charge in [-0.2, -0.15) is 13.5 Å². The highest BCUT2D eigenvalue weighted by molar-refractivity contribution is 7.85. The van der Waals surface area contributed by atoms with E-state index in [-0.39, 0.29) is 17.9 Å². The van der Waals surface area contributed by atoms with E-state index in [0.29, 0.717) is 26.7 Å². The predicted octanol–water partition coefficient (Wildman–Crippen LogP) is 3.21. The first-order valence-corrected chi connectivity index (χ1v) is 14.7. The van der Waals surface area contributed by atoms with Crippen molar-refractivity contribution in [2.45, 2.75) is 45.9 Å². The number of halogens is 1. The van der Waals surface area contributed by atoms with Crippen molar-refractivity contribution in [1.82, 2.24) is 9.78 Å². The number of fused-ring (bicyclic) bond motifs is 1. The number of thiophene rings is 1. The molecule has 2 rings (SSSR count). The monoisotopic (exact) mass is 438 g/mol. The average Bonchev–Trinajstić information content (AvgIpc) is 2.79. The van der Waals surface area contributed by atoms with E-state index in [1.54, 1.807) is 11.6 Å². The van der Waals surface area contributed by atoms with Crippen molar-refractivity contribution in [2.24, 2.45) is 0 Å². The molecule has 0 aromatic carbocycles. The van der Waals surface area contributed by atoms with Crippen LogP contribution in [0.15, 0.2) is 4.79 Å². The van der Waals surface area contributed by atoms with Gasteiger partial charge in [0, 0.05) is 14.7 Å². The van der Waals surface area contributed by atoms with E-state index in [4.69, 9.17) is 20.5 Å². The van der Waals surface area contributed by atoms with Crippen LogP contribution in [0.3, 0.4) is 0 Å². The van der Waals surface area contributed by atoms with Crippen LogP contribution < -0.4 is 5.43 Å². The van der Waals surface area contributed by atoms with E-state index in [9.17, 15) is 13.2 Å². The van der Waals surface area contributed by atoms with Gasteiger partial charge in [-0.1, -0.05) is 31.2 Å². The van der Waals surface area contributed by atoms with Crippen molar-refractivity contribution in [3.8, 4) is 0 Å². The molecule has 26 heavy (non-hydrogen) atoms. The van der Waals surface area contributed by atoms with Crippen LogP contribution in [0.1, 0.15) is 11.3 Å². The van der Waals surface area contributed by atoms with Crippen LogP contribution >= 0.6 is 22.9 Å². The summed E-state index contributed by atoms with van der Waals surface area (Å²) in [4.78, 5) is 13.3. The van der Waals surface area contributed by atoms with Crippen LogP contribution in [-0.4, -0.2) is 39.1 Å². The molecule has 0 amide bonds. The van der Waals surface area contributed by atoms with Gasteiger partial charge in [-0.15, -0.1) is 11.3 Å². The molecule has 0 aliphatic rings. The molecule has 146 valence electrons. The Bertz CT molecular complexity index is 963. The highest BCUT2D eigenvalue weighted by atomic mass is 35.5. The minimum Gasteiger partial charge on any atom is -0.359 e. The second-order valence-electron chi connectivity index (χ2n) is 7.27. The summed E-state index contributed by atoms with van der Waals surface area (Å²) in [6.07, 6.45) is 0.927. The van der Waals surface area contributed by atoms with E-state index in [0.717, 1.165) is 12.3 Å². The first-order chi connectivity index (χ1) is 11.9. The van der Waals surface area contributed by atoms with Crippen molar-refractivity contribution in [2.75, 3.05) is 12.9 Å². The lowest BCUT2D eigenvalue weighted by Gasteiger charge is -2.16. The number of aromatic nitrogens is 2. The third-order valence-electron chi connectivity index (χ3n) is 3.65. The van der Waals surface area contributed by atoms with Crippen LogP contribution in [0.4, 0.5) is 0 Å². The fourth-order valence-corrected chi connectivity index (χ4v) is 4.54. The maximum absolute atomic E-state index is 12.7. The van der Waals surface area contributed by atoms with Gasteiger partial charge in [-0.25, -0.2) is 4.68 Å². The smallest absolute Gasteiger partial charge is 0.264 e. The second-order valence-corrected chi connectivity index (χ2v) is 16.1. The maximum atomic E-state index is 12.7. The van der Waals surface area contributed by atoms with E-state index in [1.165, 1.54) is 11.3 Å². The number of nitrogens with zero attached hydrogens (tertiary/aromatic N) is 2. The van der Waals surface area contributed by atoms with E-state index in [2.05, 4.69) is 24.7 Å². The quantitative estimate of drug-likeness (QED) is 0.357. The highest BCUT2D eigenvalue weighted by Gasteiger charge is 2.19. The van der Waals surface area contributed by atoms with Crippen LogP contribution in [-0.2, 0) is 32.4 Å². The lowest BCUT2D eigenvalue weighted by Crippen LogP contribution is -2.24. The third kappa shape index (κ3) is 5.60. The lowest BCUT2D eigenvalue weighted by molar-refractivity contribution is 0.0803. The normalized spacial score (nSPS) is 12.8. The van der Waals surface area contributed by atoms with Gasteiger partial charge in [0.25, 0.3) is 10.1 Å². The molecule has 0 spiro atoms. The largest absolute Gasteiger partial charge is 0.359 e. The zero-order valence-electron chi connectivity index (χ0n) is 15.5. The number of rotatable bonds is 8. The zero-order chi connectivity index (χ0) is 19.7. The Labute approximate surface area is 163 Å². The minimum absolute atomic E-state index is 0.00860. The number of ether oxygens (including phenoxy) is 1. The highest BCUT2D eigenvalue weighted by Crippen LogP contribution is 2.32. The summed E-state index contributed by atoms with van der Waals surface area (Å²) in [6.45, 7) is 8.86. The second kappa shape index (κ2) is 8.07. The van der Waals surface area contributed by atoms with Gasteiger partial charge in [-0.3, -0.25) is 8.98 Å². The maximum Gasteiger partial charge on any atom is 0.264 e. The Morgan fingerprint density at radius 1 is 1.31 bits per heavy atom. The fraction of sp³-hybridized carbons (Fsp3) is 0.600.